The Morgan fingerprint density at radius 1 is 1.10 bits per heavy atom. The minimum Gasteiger partial charge on any atom is -0.307 e. The molecule has 2 nitrogen and oxygen atoms in total. The third-order valence-electron chi connectivity index (χ3n) is 2.81. The van der Waals surface area contributed by atoms with Crippen LogP contribution in [0.25, 0.3) is 0 Å². The number of nitrogens with zero attached hydrogens (tertiary/aromatic N) is 1. The number of nitrogens with one attached hydrogen (secondary N) is 1. The highest BCUT2D eigenvalue weighted by Crippen LogP contribution is 2.31. The van der Waals surface area contributed by atoms with Gasteiger partial charge in [-0.2, -0.15) is 13.2 Å². The van der Waals surface area contributed by atoms with Crippen LogP contribution in [0.15, 0.2) is 45.5 Å². The van der Waals surface area contributed by atoms with Crippen LogP contribution in [0.1, 0.15) is 16.8 Å². The summed E-state index contributed by atoms with van der Waals surface area (Å²) in [6.45, 7) is 0.500. The van der Waals surface area contributed by atoms with Gasteiger partial charge in [0.05, 0.1) is 11.3 Å². The van der Waals surface area contributed by atoms with Crippen LogP contribution in [-0.2, 0) is 19.3 Å². The van der Waals surface area contributed by atoms with E-state index in [1.54, 1.807) is 12.3 Å². The summed E-state index contributed by atoms with van der Waals surface area (Å²) in [7, 11) is 0. The normalized spacial score (nSPS) is 11.7. The lowest BCUT2D eigenvalue weighted by Crippen LogP contribution is -2.18. The number of rotatable bonds is 4. The molecule has 0 spiro atoms. The van der Waals surface area contributed by atoms with Crippen LogP contribution in [0.4, 0.5) is 13.2 Å². The lowest BCUT2D eigenvalue weighted by molar-refractivity contribution is -0.138. The molecule has 0 radical (unpaired) electrons. The number of pyridine rings is 1. The molecule has 0 aliphatic carbocycles. The van der Waals surface area contributed by atoms with Crippen molar-refractivity contribution in [3.63, 3.8) is 0 Å². The van der Waals surface area contributed by atoms with E-state index in [0.717, 1.165) is 20.7 Å². The van der Waals surface area contributed by atoms with Gasteiger partial charge in [0.2, 0.25) is 0 Å². The van der Waals surface area contributed by atoms with Crippen molar-refractivity contribution in [2.75, 3.05) is 0 Å². The van der Waals surface area contributed by atoms with Crippen molar-refractivity contribution in [1.29, 1.82) is 0 Å². The number of alkyl halides is 3. The molecular weight excluding hydrogens is 413 g/mol. The van der Waals surface area contributed by atoms with Gasteiger partial charge in [-0.3, -0.25) is 4.98 Å². The van der Waals surface area contributed by atoms with Gasteiger partial charge >= 0.3 is 6.18 Å². The molecule has 1 heterocycles. The third-order valence-corrected chi connectivity index (χ3v) is 3.93. The second kappa shape index (κ2) is 6.89. The topological polar surface area (TPSA) is 24.9 Å². The summed E-state index contributed by atoms with van der Waals surface area (Å²) >= 11 is 6.66. The lowest BCUT2D eigenvalue weighted by atomic mass is 10.1. The van der Waals surface area contributed by atoms with Crippen molar-refractivity contribution in [3.8, 4) is 0 Å². The first-order valence-electron chi connectivity index (χ1n) is 6.03. The molecule has 2 aromatic rings. The van der Waals surface area contributed by atoms with Gasteiger partial charge < -0.3 is 5.32 Å². The molecule has 0 aliphatic rings. The summed E-state index contributed by atoms with van der Waals surface area (Å²) in [5.41, 5.74) is 0.348. The lowest BCUT2D eigenvalue weighted by Gasteiger charge is -2.13. The van der Waals surface area contributed by atoms with E-state index in [1.807, 2.05) is 6.07 Å². The quantitative estimate of drug-likeness (QED) is 0.755. The van der Waals surface area contributed by atoms with E-state index in [0.29, 0.717) is 6.54 Å². The maximum Gasteiger partial charge on any atom is 0.416 e. The van der Waals surface area contributed by atoms with Crippen LogP contribution in [0.5, 0.6) is 0 Å². The van der Waals surface area contributed by atoms with Crippen LogP contribution in [0.3, 0.4) is 0 Å². The van der Waals surface area contributed by atoms with Gasteiger partial charge in [-0.15, -0.1) is 0 Å². The van der Waals surface area contributed by atoms with Crippen molar-refractivity contribution >= 4 is 31.9 Å². The second-order valence-corrected chi connectivity index (χ2v) is 6.11. The standard InChI is InChI=1S/C14H11Br2F3N2/c15-10-5-12(16)13(21-7-10)8-20-6-9-3-1-2-4-11(9)14(17,18)19/h1-5,7,20H,6,8H2. The number of aromatic nitrogens is 1. The average molecular weight is 424 g/mol. The van der Waals surface area contributed by atoms with Gasteiger partial charge in [0.15, 0.2) is 0 Å². The summed E-state index contributed by atoms with van der Waals surface area (Å²) in [6, 6.07) is 7.39. The Kier molecular flexibility index (Phi) is 5.40. The number of hydrogen-bond acceptors (Lipinski definition) is 2. The molecule has 0 saturated carbocycles. The zero-order chi connectivity index (χ0) is 15.5. The molecule has 0 unspecified atom stereocenters. The highest BCUT2D eigenvalue weighted by Gasteiger charge is 2.32. The molecule has 0 saturated heterocycles. The third kappa shape index (κ3) is 4.52. The zero-order valence-electron chi connectivity index (χ0n) is 10.7. The van der Waals surface area contributed by atoms with E-state index in [2.05, 4.69) is 42.2 Å². The summed E-state index contributed by atoms with van der Waals surface area (Å²) in [6.07, 6.45) is -2.69. The SMILES string of the molecule is FC(F)(F)c1ccccc1CNCc1ncc(Br)cc1Br. The molecule has 0 aliphatic heterocycles. The van der Waals surface area contributed by atoms with Crippen molar-refractivity contribution in [3.05, 3.63) is 62.3 Å². The summed E-state index contributed by atoms with van der Waals surface area (Å²) in [5, 5.41) is 2.98. The Labute approximate surface area is 137 Å². The Morgan fingerprint density at radius 2 is 1.81 bits per heavy atom. The molecule has 0 atom stereocenters. The Hall–Kier alpha value is -0.920. The van der Waals surface area contributed by atoms with Crippen molar-refractivity contribution in [1.82, 2.24) is 10.3 Å². The zero-order valence-corrected chi connectivity index (χ0v) is 13.9. The van der Waals surface area contributed by atoms with E-state index in [1.165, 1.54) is 12.1 Å². The van der Waals surface area contributed by atoms with E-state index in [-0.39, 0.29) is 12.1 Å². The van der Waals surface area contributed by atoms with E-state index >= 15 is 0 Å². The fourth-order valence-electron chi connectivity index (χ4n) is 1.84. The van der Waals surface area contributed by atoms with E-state index in [9.17, 15) is 13.2 Å². The van der Waals surface area contributed by atoms with Crippen LogP contribution in [-0.4, -0.2) is 4.98 Å². The van der Waals surface area contributed by atoms with Crippen molar-refractivity contribution in [2.24, 2.45) is 0 Å². The molecule has 112 valence electrons. The van der Waals surface area contributed by atoms with E-state index < -0.39 is 11.7 Å². The van der Waals surface area contributed by atoms with Gasteiger partial charge in [-0.25, -0.2) is 0 Å². The van der Waals surface area contributed by atoms with Gasteiger partial charge in [-0.05, 0) is 49.6 Å². The average Bonchev–Trinajstić information content (AvgIpc) is 2.41. The molecule has 2 rings (SSSR count). The van der Waals surface area contributed by atoms with E-state index in [4.69, 9.17) is 0 Å². The predicted octanol–water partition coefficient (Wildman–Crippen LogP) is 4.92. The number of halogens is 5. The number of benzene rings is 1. The molecule has 0 amide bonds. The first-order valence-corrected chi connectivity index (χ1v) is 7.62. The summed E-state index contributed by atoms with van der Waals surface area (Å²) in [5.74, 6) is 0. The van der Waals surface area contributed by atoms with Gasteiger partial charge in [0, 0.05) is 28.2 Å². The van der Waals surface area contributed by atoms with Gasteiger partial charge in [-0.1, -0.05) is 18.2 Å². The molecular formula is C14H11Br2F3N2. The number of hydrogen-bond donors (Lipinski definition) is 1. The maximum absolute atomic E-state index is 12.9. The monoisotopic (exact) mass is 422 g/mol. The van der Waals surface area contributed by atoms with Gasteiger partial charge in [0.25, 0.3) is 0 Å². The fourth-order valence-corrected chi connectivity index (χ4v) is 2.97. The smallest absolute Gasteiger partial charge is 0.307 e. The Balaban J connectivity index is 2.04. The molecule has 0 fully saturated rings. The molecule has 1 N–H and O–H groups in total. The van der Waals surface area contributed by atoms with Crippen molar-refractivity contribution in [2.45, 2.75) is 19.3 Å². The summed E-state index contributed by atoms with van der Waals surface area (Å²) < 4.78 is 40.2. The highest BCUT2D eigenvalue weighted by atomic mass is 79.9. The second-order valence-electron chi connectivity index (χ2n) is 4.34. The predicted molar refractivity (Wildman–Crippen MR) is 81.6 cm³/mol. The maximum atomic E-state index is 12.9. The largest absolute Gasteiger partial charge is 0.416 e. The fraction of sp³-hybridized carbons (Fsp3) is 0.214. The minimum absolute atomic E-state index is 0.125. The molecule has 1 aromatic carbocycles. The minimum atomic E-state index is -4.34. The Morgan fingerprint density at radius 3 is 2.48 bits per heavy atom. The van der Waals surface area contributed by atoms with Crippen molar-refractivity contribution < 1.29 is 13.2 Å². The van der Waals surface area contributed by atoms with Crippen LogP contribution in [0.2, 0.25) is 0 Å². The molecule has 7 heteroatoms. The van der Waals surface area contributed by atoms with Gasteiger partial charge in [0.1, 0.15) is 0 Å². The first kappa shape index (κ1) is 16.5. The van der Waals surface area contributed by atoms with Crippen LogP contribution < -0.4 is 5.32 Å². The van der Waals surface area contributed by atoms with Crippen LogP contribution >= 0.6 is 31.9 Å². The molecule has 1 aromatic heterocycles. The highest BCUT2D eigenvalue weighted by molar-refractivity contribution is 9.11. The molecule has 21 heavy (non-hydrogen) atoms. The van der Waals surface area contributed by atoms with Crippen LogP contribution in [0, 0.1) is 0 Å². The first-order chi connectivity index (χ1) is 9.88. The summed E-state index contributed by atoms with van der Waals surface area (Å²) in [4.78, 5) is 4.20. The molecule has 0 bridgehead atoms. The Bertz CT molecular complexity index is 630.